The fourth-order valence-electron chi connectivity index (χ4n) is 1.36. The Balaban J connectivity index is 2.28. The number of hydrogen-bond donors (Lipinski definition) is 1. The van der Waals surface area contributed by atoms with E-state index in [4.69, 9.17) is 4.74 Å². The topological polar surface area (TPSA) is 47.0 Å². The van der Waals surface area contributed by atoms with Gasteiger partial charge in [0.15, 0.2) is 11.6 Å². The minimum atomic E-state index is 0.663. The molecule has 0 spiro atoms. The largest absolute Gasteiger partial charge is 0.494 e. The summed E-state index contributed by atoms with van der Waals surface area (Å²) in [6.07, 6.45) is 3.32. The highest BCUT2D eigenvalue weighted by molar-refractivity contribution is 5.59. The molecule has 0 aliphatic carbocycles. The van der Waals surface area contributed by atoms with Crippen molar-refractivity contribution in [2.24, 2.45) is 0 Å². The first-order valence-electron chi connectivity index (χ1n) is 4.97. The Kier molecular flexibility index (Phi) is 3.00. The lowest BCUT2D eigenvalue weighted by molar-refractivity contribution is 0.411. The zero-order valence-electron chi connectivity index (χ0n) is 9.27. The van der Waals surface area contributed by atoms with Gasteiger partial charge in [-0.15, -0.1) is 0 Å². The number of anilines is 1. The van der Waals surface area contributed by atoms with Crippen LogP contribution in [0.2, 0.25) is 0 Å². The van der Waals surface area contributed by atoms with Gasteiger partial charge < -0.3 is 10.1 Å². The molecule has 4 heteroatoms. The van der Waals surface area contributed by atoms with E-state index >= 15 is 0 Å². The van der Waals surface area contributed by atoms with Gasteiger partial charge in [0.2, 0.25) is 0 Å². The van der Waals surface area contributed by atoms with Crippen molar-refractivity contribution in [1.82, 2.24) is 9.97 Å². The standard InChI is InChI=1S/C12H13N3O/c1-13-10-5-3-9(4-6-10)12-14-7-11(16-2)8-15-12/h3-8,13H,1-2H3. The average molecular weight is 215 g/mol. The molecule has 1 heterocycles. The molecule has 0 saturated heterocycles. The molecule has 0 fully saturated rings. The molecule has 0 atom stereocenters. The minimum absolute atomic E-state index is 0.663. The van der Waals surface area contributed by atoms with E-state index in [-0.39, 0.29) is 0 Å². The summed E-state index contributed by atoms with van der Waals surface area (Å²) < 4.78 is 5.01. The normalized spacial score (nSPS) is 9.88. The van der Waals surface area contributed by atoms with Gasteiger partial charge in [-0.25, -0.2) is 9.97 Å². The van der Waals surface area contributed by atoms with Crippen LogP contribution in [0.1, 0.15) is 0 Å². The Morgan fingerprint density at radius 1 is 1.06 bits per heavy atom. The quantitative estimate of drug-likeness (QED) is 0.852. The molecule has 1 aromatic carbocycles. The van der Waals surface area contributed by atoms with Gasteiger partial charge in [-0.2, -0.15) is 0 Å². The molecule has 1 aromatic heterocycles. The second kappa shape index (κ2) is 4.61. The molecule has 2 rings (SSSR count). The molecule has 16 heavy (non-hydrogen) atoms. The lowest BCUT2D eigenvalue weighted by atomic mass is 10.2. The molecule has 0 saturated carbocycles. The highest BCUT2D eigenvalue weighted by Gasteiger charge is 2.01. The monoisotopic (exact) mass is 215 g/mol. The van der Waals surface area contributed by atoms with E-state index in [1.165, 1.54) is 0 Å². The molecule has 0 aliphatic heterocycles. The molecule has 2 aromatic rings. The van der Waals surface area contributed by atoms with Crippen LogP contribution in [0.15, 0.2) is 36.7 Å². The number of hydrogen-bond acceptors (Lipinski definition) is 4. The van der Waals surface area contributed by atoms with Crippen molar-refractivity contribution >= 4 is 5.69 Å². The van der Waals surface area contributed by atoms with Crippen LogP contribution in [0.3, 0.4) is 0 Å². The summed E-state index contributed by atoms with van der Waals surface area (Å²) in [4.78, 5) is 8.44. The molecule has 1 N–H and O–H groups in total. The van der Waals surface area contributed by atoms with Gasteiger partial charge in [0.1, 0.15) is 0 Å². The molecule has 0 radical (unpaired) electrons. The summed E-state index contributed by atoms with van der Waals surface area (Å²) >= 11 is 0. The summed E-state index contributed by atoms with van der Waals surface area (Å²) in [6.45, 7) is 0. The van der Waals surface area contributed by atoms with Crippen molar-refractivity contribution in [2.45, 2.75) is 0 Å². The number of benzene rings is 1. The van der Waals surface area contributed by atoms with Crippen molar-refractivity contribution < 1.29 is 4.74 Å². The van der Waals surface area contributed by atoms with Gasteiger partial charge in [0.25, 0.3) is 0 Å². The number of methoxy groups -OCH3 is 1. The van der Waals surface area contributed by atoms with Gasteiger partial charge in [-0.3, -0.25) is 0 Å². The number of nitrogens with one attached hydrogen (secondary N) is 1. The van der Waals surface area contributed by atoms with Crippen molar-refractivity contribution in [3.05, 3.63) is 36.7 Å². The molecule has 0 bridgehead atoms. The fourth-order valence-corrected chi connectivity index (χ4v) is 1.36. The van der Waals surface area contributed by atoms with Crippen molar-refractivity contribution in [2.75, 3.05) is 19.5 Å². The summed E-state index contributed by atoms with van der Waals surface area (Å²) in [5, 5.41) is 3.06. The van der Waals surface area contributed by atoms with Crippen molar-refractivity contribution in [3.8, 4) is 17.1 Å². The Hall–Kier alpha value is -2.10. The Labute approximate surface area is 94.3 Å². The number of nitrogens with zero attached hydrogens (tertiary/aromatic N) is 2. The first-order valence-corrected chi connectivity index (χ1v) is 4.97. The van der Waals surface area contributed by atoms with Crippen LogP contribution in [0.4, 0.5) is 5.69 Å². The smallest absolute Gasteiger partial charge is 0.159 e. The van der Waals surface area contributed by atoms with Gasteiger partial charge in [-0.05, 0) is 24.3 Å². The fraction of sp³-hybridized carbons (Fsp3) is 0.167. The lowest BCUT2D eigenvalue weighted by Crippen LogP contribution is -1.92. The second-order valence-corrected chi connectivity index (χ2v) is 3.27. The summed E-state index contributed by atoms with van der Waals surface area (Å²) in [6, 6.07) is 7.94. The molecular formula is C12H13N3O. The number of aromatic nitrogens is 2. The number of rotatable bonds is 3. The predicted octanol–water partition coefficient (Wildman–Crippen LogP) is 2.19. The maximum atomic E-state index is 5.01. The van der Waals surface area contributed by atoms with Gasteiger partial charge >= 0.3 is 0 Å². The average Bonchev–Trinajstić information content (AvgIpc) is 2.39. The molecule has 0 unspecified atom stereocenters. The maximum Gasteiger partial charge on any atom is 0.159 e. The van der Waals surface area contributed by atoms with Crippen molar-refractivity contribution in [3.63, 3.8) is 0 Å². The van der Waals surface area contributed by atoms with Gasteiger partial charge in [0, 0.05) is 18.3 Å². The minimum Gasteiger partial charge on any atom is -0.494 e. The second-order valence-electron chi connectivity index (χ2n) is 3.27. The van der Waals surface area contributed by atoms with E-state index in [1.807, 2.05) is 31.3 Å². The van der Waals surface area contributed by atoms with Crippen LogP contribution in [0.5, 0.6) is 5.75 Å². The van der Waals surface area contributed by atoms with E-state index in [0.717, 1.165) is 11.3 Å². The summed E-state index contributed by atoms with van der Waals surface area (Å²) in [5.41, 5.74) is 2.05. The van der Waals surface area contributed by atoms with Crippen LogP contribution in [0, 0.1) is 0 Å². The maximum absolute atomic E-state index is 5.01. The van der Waals surface area contributed by atoms with E-state index in [0.29, 0.717) is 11.6 Å². The molecular weight excluding hydrogens is 202 g/mol. The molecule has 0 amide bonds. The van der Waals surface area contributed by atoms with E-state index in [9.17, 15) is 0 Å². The molecule has 4 nitrogen and oxygen atoms in total. The summed E-state index contributed by atoms with van der Waals surface area (Å²) in [7, 11) is 3.49. The van der Waals surface area contributed by atoms with Crippen LogP contribution in [0.25, 0.3) is 11.4 Å². The van der Waals surface area contributed by atoms with Gasteiger partial charge in [-0.1, -0.05) is 0 Å². The van der Waals surface area contributed by atoms with Crippen molar-refractivity contribution in [1.29, 1.82) is 0 Å². The van der Waals surface area contributed by atoms with Crippen LogP contribution < -0.4 is 10.1 Å². The zero-order chi connectivity index (χ0) is 11.4. The third kappa shape index (κ3) is 2.11. The Bertz CT molecular complexity index is 405. The van der Waals surface area contributed by atoms with Crippen LogP contribution >= 0.6 is 0 Å². The lowest BCUT2D eigenvalue weighted by Gasteiger charge is -2.03. The molecule has 82 valence electrons. The van der Waals surface area contributed by atoms with Crippen LogP contribution in [-0.4, -0.2) is 24.1 Å². The number of ether oxygens (including phenoxy) is 1. The van der Waals surface area contributed by atoms with E-state index < -0.39 is 0 Å². The summed E-state index contributed by atoms with van der Waals surface area (Å²) in [5.74, 6) is 1.36. The van der Waals surface area contributed by atoms with E-state index in [1.54, 1.807) is 19.5 Å². The predicted molar refractivity (Wildman–Crippen MR) is 63.6 cm³/mol. The zero-order valence-corrected chi connectivity index (χ0v) is 9.27. The Morgan fingerprint density at radius 3 is 2.19 bits per heavy atom. The SMILES string of the molecule is CNc1ccc(-c2ncc(OC)cn2)cc1. The van der Waals surface area contributed by atoms with Gasteiger partial charge in [0.05, 0.1) is 19.5 Å². The first-order chi connectivity index (χ1) is 7.83. The highest BCUT2D eigenvalue weighted by atomic mass is 16.5. The highest BCUT2D eigenvalue weighted by Crippen LogP contribution is 2.18. The van der Waals surface area contributed by atoms with E-state index in [2.05, 4.69) is 15.3 Å². The molecule has 0 aliphatic rings. The third-order valence-corrected chi connectivity index (χ3v) is 2.30. The van der Waals surface area contributed by atoms with Crippen LogP contribution in [-0.2, 0) is 0 Å². The Morgan fingerprint density at radius 2 is 1.69 bits per heavy atom. The third-order valence-electron chi connectivity index (χ3n) is 2.30. The first kappa shape index (κ1) is 10.4.